The van der Waals surface area contributed by atoms with E-state index in [0.717, 1.165) is 43.6 Å². The van der Waals surface area contributed by atoms with Gasteiger partial charge in [-0.3, -0.25) is 9.69 Å². The molecule has 0 aromatic heterocycles. The first kappa shape index (κ1) is 18.4. The van der Waals surface area contributed by atoms with Crippen LogP contribution in [0.5, 0.6) is 0 Å². The van der Waals surface area contributed by atoms with E-state index in [9.17, 15) is 4.79 Å². The van der Waals surface area contributed by atoms with Crippen molar-refractivity contribution in [3.63, 3.8) is 0 Å². The summed E-state index contributed by atoms with van der Waals surface area (Å²) < 4.78 is 1.14. The number of alkyl halides is 2. The fourth-order valence-corrected chi connectivity index (χ4v) is 5.12. The van der Waals surface area contributed by atoms with Crippen molar-refractivity contribution in [2.45, 2.75) is 31.0 Å². The lowest BCUT2D eigenvalue weighted by molar-refractivity contribution is -0.938. The van der Waals surface area contributed by atoms with E-state index in [-0.39, 0.29) is 22.6 Å². The third kappa shape index (κ3) is 3.90. The molecule has 24 heavy (non-hydrogen) atoms. The van der Waals surface area contributed by atoms with Crippen LogP contribution < -0.4 is 0 Å². The molecule has 0 radical (unpaired) electrons. The Morgan fingerprint density at radius 3 is 2.42 bits per heavy atom. The second kappa shape index (κ2) is 7.49. The second-order valence-electron chi connectivity index (χ2n) is 7.92. The minimum Gasteiger partial charge on any atom is -0.320 e. The minimum atomic E-state index is -0.0873. The van der Waals surface area contributed by atoms with Gasteiger partial charge >= 0.3 is 0 Å². The van der Waals surface area contributed by atoms with Gasteiger partial charge in [0.1, 0.15) is 5.78 Å². The van der Waals surface area contributed by atoms with Crippen molar-refractivity contribution >= 4 is 29.0 Å². The van der Waals surface area contributed by atoms with E-state index in [4.69, 9.17) is 23.2 Å². The highest BCUT2D eigenvalue weighted by atomic mass is 35.5. The van der Waals surface area contributed by atoms with Crippen LogP contribution in [0.4, 0.5) is 0 Å². The summed E-state index contributed by atoms with van der Waals surface area (Å²) in [5, 5.41) is -0.162. The fourth-order valence-electron chi connectivity index (χ4n) is 4.61. The molecule has 0 aromatic carbocycles. The van der Waals surface area contributed by atoms with Gasteiger partial charge in [0.2, 0.25) is 0 Å². The molecule has 0 amide bonds. The lowest BCUT2D eigenvalue weighted by atomic mass is 9.87. The van der Waals surface area contributed by atoms with Crippen LogP contribution in [0.15, 0.2) is 23.8 Å². The number of hydrogen-bond donors (Lipinski definition) is 0. The molecular weight excluding hydrogens is 343 g/mol. The molecule has 3 rings (SSSR count). The average Bonchev–Trinajstić information content (AvgIpc) is 2.56. The van der Waals surface area contributed by atoms with E-state index in [2.05, 4.69) is 24.8 Å². The van der Waals surface area contributed by atoms with Crippen LogP contribution in [0.25, 0.3) is 0 Å². The number of carbonyl (C=O) groups excluding carboxylic acids is 1. The Balaban J connectivity index is 1.50. The second-order valence-corrected chi connectivity index (χ2v) is 8.90. The van der Waals surface area contributed by atoms with Gasteiger partial charge in [0.25, 0.3) is 0 Å². The molecule has 0 bridgehead atoms. The molecule has 0 saturated carbocycles. The van der Waals surface area contributed by atoms with E-state index in [0.29, 0.717) is 5.78 Å². The van der Waals surface area contributed by atoms with Gasteiger partial charge < -0.3 is 4.48 Å². The summed E-state index contributed by atoms with van der Waals surface area (Å²) in [6, 6.07) is 0. The summed E-state index contributed by atoms with van der Waals surface area (Å²) in [7, 11) is 0. The van der Waals surface area contributed by atoms with Gasteiger partial charge in [0, 0.05) is 19.6 Å². The van der Waals surface area contributed by atoms with Gasteiger partial charge in [-0.05, 0) is 12.0 Å². The smallest absolute Gasteiger partial charge is 0.149 e. The molecule has 1 aliphatic carbocycles. The molecule has 0 N–H and O–H groups in total. The monoisotopic (exact) mass is 371 g/mol. The number of allylic oxidation sites excluding steroid dienone is 3. The van der Waals surface area contributed by atoms with E-state index in [1.165, 1.54) is 18.7 Å². The van der Waals surface area contributed by atoms with Gasteiger partial charge in [-0.2, -0.15) is 0 Å². The van der Waals surface area contributed by atoms with Gasteiger partial charge in [-0.15, -0.1) is 23.2 Å². The van der Waals surface area contributed by atoms with Crippen molar-refractivity contribution in [3.8, 4) is 0 Å². The lowest BCUT2D eigenvalue weighted by Gasteiger charge is -2.49. The van der Waals surface area contributed by atoms with Crippen molar-refractivity contribution in [1.29, 1.82) is 0 Å². The van der Waals surface area contributed by atoms with E-state index < -0.39 is 0 Å². The van der Waals surface area contributed by atoms with Gasteiger partial charge in [0.05, 0.1) is 48.8 Å². The number of Topliss-reactive ketones (excluding diaryl/α,β-unsaturated/α-hetero) is 1. The molecule has 1 spiro atoms. The van der Waals surface area contributed by atoms with Crippen molar-refractivity contribution in [2.24, 2.45) is 11.8 Å². The molecule has 2 heterocycles. The maximum Gasteiger partial charge on any atom is 0.149 e. The number of quaternary nitrogens is 1. The summed E-state index contributed by atoms with van der Waals surface area (Å²) in [6.45, 7) is 11.9. The van der Waals surface area contributed by atoms with Gasteiger partial charge in [0.15, 0.2) is 0 Å². The zero-order valence-corrected chi connectivity index (χ0v) is 16.3. The summed E-state index contributed by atoms with van der Waals surface area (Å²) >= 11 is 12.6. The molecule has 0 aromatic rings. The fraction of sp³-hybridized carbons (Fsp3) is 0.737. The average molecular weight is 372 g/mol. The highest BCUT2D eigenvalue weighted by Crippen LogP contribution is 2.28. The zero-order chi connectivity index (χ0) is 17.3. The van der Waals surface area contributed by atoms with Crippen molar-refractivity contribution in [3.05, 3.63) is 23.8 Å². The SMILES string of the molecule is CC1C[N+]2(CCN(CCC3=CC=CC(Cl)C3Cl)CC2)CC(C)C1=O. The first-order valence-corrected chi connectivity index (χ1v) is 10.0. The number of piperazine rings is 1. The molecule has 2 fully saturated rings. The predicted octanol–water partition coefficient (Wildman–Crippen LogP) is 3.07. The largest absolute Gasteiger partial charge is 0.320 e. The predicted molar refractivity (Wildman–Crippen MR) is 101 cm³/mol. The maximum absolute atomic E-state index is 12.1. The molecule has 2 aliphatic heterocycles. The van der Waals surface area contributed by atoms with Crippen molar-refractivity contribution < 1.29 is 9.28 Å². The van der Waals surface area contributed by atoms with Gasteiger partial charge in [-0.25, -0.2) is 0 Å². The number of halogens is 2. The molecule has 3 aliphatic rings. The quantitative estimate of drug-likeness (QED) is 0.561. The Morgan fingerprint density at radius 2 is 1.79 bits per heavy atom. The van der Waals surface area contributed by atoms with Crippen LogP contribution in [-0.4, -0.2) is 71.7 Å². The number of hydrogen-bond acceptors (Lipinski definition) is 2. The first-order valence-electron chi connectivity index (χ1n) is 9.17. The molecule has 134 valence electrons. The summed E-state index contributed by atoms with van der Waals surface area (Å²) in [6.07, 6.45) is 7.09. The third-order valence-electron chi connectivity index (χ3n) is 6.03. The van der Waals surface area contributed by atoms with E-state index in [1.807, 2.05) is 12.2 Å². The van der Waals surface area contributed by atoms with Crippen LogP contribution in [0.1, 0.15) is 20.3 Å². The van der Waals surface area contributed by atoms with Crippen LogP contribution in [0.2, 0.25) is 0 Å². The highest BCUT2D eigenvalue weighted by molar-refractivity contribution is 6.32. The topological polar surface area (TPSA) is 20.3 Å². The van der Waals surface area contributed by atoms with Crippen LogP contribution in [-0.2, 0) is 4.79 Å². The third-order valence-corrected chi connectivity index (χ3v) is 7.11. The number of ketones is 1. The molecule has 2 saturated heterocycles. The molecule has 5 heteroatoms. The van der Waals surface area contributed by atoms with Crippen molar-refractivity contribution in [2.75, 3.05) is 45.8 Å². The summed E-state index contributed by atoms with van der Waals surface area (Å²) in [4.78, 5) is 14.6. The normalized spacial score (nSPS) is 36.8. The first-order chi connectivity index (χ1) is 11.4. The number of rotatable bonds is 3. The van der Waals surface area contributed by atoms with E-state index >= 15 is 0 Å². The molecular formula is C19H29Cl2N2O+. The van der Waals surface area contributed by atoms with E-state index in [1.54, 1.807) is 0 Å². The number of carbonyl (C=O) groups is 1. The van der Waals surface area contributed by atoms with Crippen LogP contribution in [0, 0.1) is 11.8 Å². The maximum atomic E-state index is 12.1. The zero-order valence-electron chi connectivity index (χ0n) is 14.8. The van der Waals surface area contributed by atoms with Crippen LogP contribution in [0.3, 0.4) is 0 Å². The highest BCUT2D eigenvalue weighted by Gasteiger charge is 2.43. The molecule has 3 nitrogen and oxygen atoms in total. The van der Waals surface area contributed by atoms with Crippen molar-refractivity contribution in [1.82, 2.24) is 4.90 Å². The Morgan fingerprint density at radius 1 is 1.17 bits per heavy atom. The minimum absolute atomic E-state index is 0.0744. The standard InChI is InChI=1S/C19H29Cl2N2O/c1-14-12-23(13-15(2)19(14)24)10-8-22(9-11-23)7-6-16-4-3-5-17(20)18(16)21/h3-5,14-15,17-18H,6-13H2,1-2H3/q+1. The summed E-state index contributed by atoms with van der Waals surface area (Å²) in [5.74, 6) is 0.900. The summed E-state index contributed by atoms with van der Waals surface area (Å²) in [5.41, 5.74) is 1.25. The molecule has 4 atom stereocenters. The lowest BCUT2D eigenvalue weighted by Crippen LogP contribution is -2.66. The number of piperidine rings is 1. The van der Waals surface area contributed by atoms with Crippen LogP contribution >= 0.6 is 23.2 Å². The Hall–Kier alpha value is -0.350. The Kier molecular flexibility index (Phi) is 5.75. The van der Waals surface area contributed by atoms with Gasteiger partial charge in [-0.1, -0.05) is 32.1 Å². The Labute approximate surface area is 155 Å². The molecule has 4 unspecified atom stereocenters. The Bertz CT molecular complexity index is 521. The number of nitrogens with zero attached hydrogens (tertiary/aromatic N) is 2.